The van der Waals surface area contributed by atoms with Crippen LogP contribution in [0.3, 0.4) is 0 Å². The molecule has 0 heterocycles. The molecular formula is C13H18N2O2S. The molecule has 98 valence electrons. The van der Waals surface area contributed by atoms with Crippen LogP contribution in [-0.2, 0) is 9.53 Å². The van der Waals surface area contributed by atoms with Gasteiger partial charge in [-0.3, -0.25) is 4.79 Å². The highest BCUT2D eigenvalue weighted by Crippen LogP contribution is 2.27. The third-order valence-corrected chi connectivity index (χ3v) is 2.79. The number of hydrogen-bond donors (Lipinski definition) is 2. The number of esters is 1. The second-order valence-electron chi connectivity index (χ2n) is 3.79. The number of ether oxygens (including phenoxy) is 1. The summed E-state index contributed by atoms with van der Waals surface area (Å²) in [5.41, 5.74) is 4.13. The number of anilines is 2. The summed E-state index contributed by atoms with van der Waals surface area (Å²) in [4.78, 5) is 11.7. The molecule has 1 aromatic carbocycles. The van der Waals surface area contributed by atoms with Crippen molar-refractivity contribution in [3.05, 3.63) is 23.8 Å². The number of benzene rings is 1. The zero-order valence-corrected chi connectivity index (χ0v) is 11.6. The minimum absolute atomic E-state index is 0.213. The second kappa shape index (κ2) is 6.96. The molecule has 0 aromatic heterocycles. The Kier molecular flexibility index (Phi) is 5.58. The molecule has 1 atom stereocenters. The minimum atomic E-state index is -0.279. The van der Waals surface area contributed by atoms with Crippen LogP contribution in [0, 0.1) is 0 Å². The van der Waals surface area contributed by atoms with Crippen molar-refractivity contribution in [3.63, 3.8) is 0 Å². The van der Waals surface area contributed by atoms with Gasteiger partial charge in [0.1, 0.15) is 0 Å². The molecule has 0 saturated heterocycles. The predicted octanol–water partition coefficient (Wildman–Crippen LogP) is 2.76. The lowest BCUT2D eigenvalue weighted by Crippen LogP contribution is -2.13. The van der Waals surface area contributed by atoms with E-state index in [2.05, 4.69) is 10.6 Å². The first-order chi connectivity index (χ1) is 8.63. The number of hydrogen-bond acceptors (Lipinski definition) is 4. The lowest BCUT2D eigenvalue weighted by Gasteiger charge is -2.14. The van der Waals surface area contributed by atoms with E-state index in [4.69, 9.17) is 17.0 Å². The molecule has 0 spiro atoms. The Bertz CT molecular complexity index is 435. The molecule has 4 nitrogen and oxygen atoms in total. The van der Waals surface area contributed by atoms with E-state index in [0.717, 1.165) is 16.9 Å². The van der Waals surface area contributed by atoms with Crippen molar-refractivity contribution in [2.24, 2.45) is 0 Å². The molecule has 1 rings (SSSR count). The van der Waals surface area contributed by atoms with Crippen molar-refractivity contribution in [2.75, 3.05) is 24.3 Å². The van der Waals surface area contributed by atoms with Crippen LogP contribution < -0.4 is 10.6 Å². The molecule has 0 aliphatic heterocycles. The number of carbonyl (C=O) groups is 1. The molecular weight excluding hydrogens is 248 g/mol. The van der Waals surface area contributed by atoms with Crippen molar-refractivity contribution in [1.82, 2.24) is 0 Å². The van der Waals surface area contributed by atoms with Crippen LogP contribution in [0.1, 0.15) is 25.3 Å². The van der Waals surface area contributed by atoms with Gasteiger partial charge in [-0.15, -0.1) is 0 Å². The molecule has 18 heavy (non-hydrogen) atoms. The SMILES string of the molecule is CCOC(=O)C(C)c1ccc(NC=S)c(NC)c1. The fraction of sp³-hybridized carbons (Fsp3) is 0.385. The van der Waals surface area contributed by atoms with E-state index in [1.165, 1.54) is 5.49 Å². The third-order valence-electron chi connectivity index (χ3n) is 2.67. The summed E-state index contributed by atoms with van der Waals surface area (Å²) < 4.78 is 5.01. The van der Waals surface area contributed by atoms with Crippen molar-refractivity contribution >= 4 is 35.1 Å². The van der Waals surface area contributed by atoms with E-state index in [-0.39, 0.29) is 11.9 Å². The van der Waals surface area contributed by atoms with Crippen LogP contribution in [0.5, 0.6) is 0 Å². The Morgan fingerprint density at radius 1 is 1.50 bits per heavy atom. The normalized spacial score (nSPS) is 11.5. The second-order valence-corrected chi connectivity index (χ2v) is 4.03. The average molecular weight is 266 g/mol. The summed E-state index contributed by atoms with van der Waals surface area (Å²) in [6.45, 7) is 4.03. The van der Waals surface area contributed by atoms with E-state index in [1.807, 2.05) is 32.2 Å². The highest BCUT2D eigenvalue weighted by Gasteiger charge is 2.17. The van der Waals surface area contributed by atoms with E-state index in [1.54, 1.807) is 6.92 Å². The van der Waals surface area contributed by atoms with E-state index >= 15 is 0 Å². The van der Waals surface area contributed by atoms with Crippen LogP contribution in [-0.4, -0.2) is 25.1 Å². The summed E-state index contributed by atoms with van der Waals surface area (Å²) in [7, 11) is 1.82. The van der Waals surface area contributed by atoms with Gasteiger partial charge in [0.15, 0.2) is 0 Å². The molecule has 2 N–H and O–H groups in total. The highest BCUT2D eigenvalue weighted by molar-refractivity contribution is 7.79. The van der Waals surface area contributed by atoms with Gasteiger partial charge in [-0.2, -0.15) is 0 Å². The topological polar surface area (TPSA) is 50.4 Å². The molecule has 0 saturated carbocycles. The van der Waals surface area contributed by atoms with Gasteiger partial charge in [0.2, 0.25) is 0 Å². The summed E-state index contributed by atoms with van der Waals surface area (Å²) in [5, 5.41) is 6.02. The monoisotopic (exact) mass is 266 g/mol. The smallest absolute Gasteiger partial charge is 0.313 e. The first-order valence-corrected chi connectivity index (χ1v) is 6.29. The summed E-state index contributed by atoms with van der Waals surface area (Å²) >= 11 is 4.76. The van der Waals surface area contributed by atoms with Gasteiger partial charge in [0.05, 0.1) is 29.4 Å². The molecule has 0 radical (unpaired) electrons. The number of thiocarbonyl (C=S) groups is 1. The summed E-state index contributed by atoms with van der Waals surface area (Å²) in [5.74, 6) is -0.492. The van der Waals surface area contributed by atoms with Crippen LogP contribution in [0.25, 0.3) is 0 Å². The van der Waals surface area contributed by atoms with Crippen LogP contribution in [0.2, 0.25) is 0 Å². The van der Waals surface area contributed by atoms with Gasteiger partial charge in [-0.25, -0.2) is 0 Å². The van der Waals surface area contributed by atoms with Gasteiger partial charge in [-0.1, -0.05) is 18.3 Å². The molecule has 0 amide bonds. The molecule has 0 aliphatic rings. The average Bonchev–Trinajstić information content (AvgIpc) is 2.39. The molecule has 1 aromatic rings. The molecule has 5 heteroatoms. The van der Waals surface area contributed by atoms with Gasteiger partial charge in [0, 0.05) is 7.05 Å². The van der Waals surface area contributed by atoms with Crippen molar-refractivity contribution in [2.45, 2.75) is 19.8 Å². The number of carbonyl (C=O) groups excluding carboxylic acids is 1. The Labute approximate surface area is 113 Å². The summed E-state index contributed by atoms with van der Waals surface area (Å²) in [6, 6.07) is 5.70. The fourth-order valence-electron chi connectivity index (χ4n) is 1.63. The van der Waals surface area contributed by atoms with E-state index in [0.29, 0.717) is 6.61 Å². The molecule has 0 aliphatic carbocycles. The maximum Gasteiger partial charge on any atom is 0.313 e. The van der Waals surface area contributed by atoms with Crippen LogP contribution >= 0.6 is 12.2 Å². The quantitative estimate of drug-likeness (QED) is 0.612. The number of nitrogens with one attached hydrogen (secondary N) is 2. The van der Waals surface area contributed by atoms with Gasteiger partial charge >= 0.3 is 5.97 Å². The Morgan fingerprint density at radius 3 is 2.78 bits per heavy atom. The highest BCUT2D eigenvalue weighted by atomic mass is 32.1. The third kappa shape index (κ3) is 3.43. The molecule has 0 bridgehead atoms. The largest absolute Gasteiger partial charge is 0.466 e. The molecule has 0 fully saturated rings. The van der Waals surface area contributed by atoms with Crippen molar-refractivity contribution in [1.29, 1.82) is 0 Å². The fourth-order valence-corrected chi connectivity index (χ4v) is 1.76. The Balaban J connectivity index is 2.97. The minimum Gasteiger partial charge on any atom is -0.466 e. The standard InChI is InChI=1S/C13H18N2O2S/c1-4-17-13(16)9(2)10-5-6-11(15-8-18)12(7-10)14-3/h5-9,14H,4H2,1-3H3,(H,15,18). The summed E-state index contributed by atoms with van der Waals surface area (Å²) in [6.07, 6.45) is 0. The Morgan fingerprint density at radius 2 is 2.22 bits per heavy atom. The van der Waals surface area contributed by atoms with Crippen molar-refractivity contribution in [3.8, 4) is 0 Å². The Hall–Kier alpha value is -1.62. The zero-order chi connectivity index (χ0) is 13.5. The van der Waals surface area contributed by atoms with Gasteiger partial charge in [0.25, 0.3) is 0 Å². The maximum atomic E-state index is 11.7. The predicted molar refractivity (Wildman–Crippen MR) is 78.3 cm³/mol. The van der Waals surface area contributed by atoms with E-state index < -0.39 is 0 Å². The van der Waals surface area contributed by atoms with E-state index in [9.17, 15) is 4.79 Å². The lowest BCUT2D eigenvalue weighted by molar-refractivity contribution is -0.144. The van der Waals surface area contributed by atoms with Crippen LogP contribution in [0.4, 0.5) is 11.4 Å². The molecule has 1 unspecified atom stereocenters. The maximum absolute atomic E-state index is 11.7. The van der Waals surface area contributed by atoms with Gasteiger partial charge < -0.3 is 15.4 Å². The first kappa shape index (κ1) is 14.4. The lowest BCUT2D eigenvalue weighted by atomic mass is 10.00. The van der Waals surface area contributed by atoms with Crippen molar-refractivity contribution < 1.29 is 9.53 Å². The van der Waals surface area contributed by atoms with Gasteiger partial charge in [-0.05, 0) is 31.5 Å². The zero-order valence-electron chi connectivity index (χ0n) is 10.8. The first-order valence-electron chi connectivity index (χ1n) is 5.82. The van der Waals surface area contributed by atoms with Crippen LogP contribution in [0.15, 0.2) is 18.2 Å². The number of rotatable bonds is 6.